The standard InChI is InChI=1S/C18H29N3O3/c1-12(21-17(24)16(23)20-4-2-3-19-11-22)18-8-13-5-14(9-18)7-15(6-13)10-18/h11-15H,2-10H2,1H3,(H,19,22)(H,20,23)(H,21,24). The van der Waals surface area contributed by atoms with E-state index in [0.29, 0.717) is 25.9 Å². The first-order chi connectivity index (χ1) is 11.5. The summed E-state index contributed by atoms with van der Waals surface area (Å²) >= 11 is 0. The van der Waals surface area contributed by atoms with Crippen LogP contribution in [0.2, 0.25) is 0 Å². The van der Waals surface area contributed by atoms with Crippen molar-refractivity contribution in [2.75, 3.05) is 13.1 Å². The summed E-state index contributed by atoms with van der Waals surface area (Å²) in [6, 6.07) is 0.0564. The van der Waals surface area contributed by atoms with Crippen molar-refractivity contribution in [2.45, 2.75) is 57.9 Å². The van der Waals surface area contributed by atoms with Gasteiger partial charge in [-0.3, -0.25) is 14.4 Å². The second-order valence-corrected chi connectivity index (χ2v) is 8.16. The average molecular weight is 335 g/mol. The van der Waals surface area contributed by atoms with Gasteiger partial charge in [0.2, 0.25) is 6.41 Å². The third kappa shape index (κ3) is 3.57. The molecule has 0 spiro atoms. The molecule has 4 aliphatic carbocycles. The van der Waals surface area contributed by atoms with Crippen molar-refractivity contribution in [3.63, 3.8) is 0 Å². The van der Waals surface area contributed by atoms with E-state index in [0.717, 1.165) is 17.8 Å². The molecule has 4 bridgehead atoms. The van der Waals surface area contributed by atoms with Crippen LogP contribution < -0.4 is 16.0 Å². The molecule has 6 nitrogen and oxygen atoms in total. The maximum atomic E-state index is 12.2. The zero-order valence-corrected chi connectivity index (χ0v) is 14.5. The largest absolute Gasteiger partial charge is 0.359 e. The van der Waals surface area contributed by atoms with Crippen LogP contribution >= 0.6 is 0 Å². The molecule has 0 saturated heterocycles. The molecule has 6 heteroatoms. The first-order valence-corrected chi connectivity index (χ1v) is 9.28. The number of carbonyl (C=O) groups excluding carboxylic acids is 3. The Kier molecular flexibility index (Phi) is 5.11. The SMILES string of the molecule is CC(NC(=O)C(=O)NCCCNC=O)C12CC3CC(CC(C3)C1)C2. The summed E-state index contributed by atoms with van der Waals surface area (Å²) in [5.41, 5.74) is 0.207. The monoisotopic (exact) mass is 335 g/mol. The summed E-state index contributed by atoms with van der Waals surface area (Å²) in [5.74, 6) is 1.39. The smallest absolute Gasteiger partial charge is 0.309 e. The molecule has 3 N–H and O–H groups in total. The summed E-state index contributed by atoms with van der Waals surface area (Å²) in [7, 11) is 0. The Bertz CT molecular complexity index is 470. The molecular weight excluding hydrogens is 306 g/mol. The summed E-state index contributed by atoms with van der Waals surface area (Å²) in [4.78, 5) is 34.2. The highest BCUT2D eigenvalue weighted by molar-refractivity contribution is 6.35. The van der Waals surface area contributed by atoms with Crippen molar-refractivity contribution >= 4 is 18.2 Å². The van der Waals surface area contributed by atoms with Gasteiger partial charge in [-0.15, -0.1) is 0 Å². The van der Waals surface area contributed by atoms with Crippen LogP contribution in [0.1, 0.15) is 51.9 Å². The molecule has 0 aromatic heterocycles. The van der Waals surface area contributed by atoms with Crippen molar-refractivity contribution in [3.8, 4) is 0 Å². The lowest BCUT2D eigenvalue weighted by molar-refractivity contribution is -0.141. The minimum atomic E-state index is -0.572. The molecule has 24 heavy (non-hydrogen) atoms. The minimum Gasteiger partial charge on any atom is -0.359 e. The molecule has 0 aromatic rings. The van der Waals surface area contributed by atoms with Gasteiger partial charge in [-0.2, -0.15) is 0 Å². The van der Waals surface area contributed by atoms with Crippen LogP contribution in [-0.4, -0.2) is 37.4 Å². The first kappa shape index (κ1) is 17.2. The van der Waals surface area contributed by atoms with Crippen LogP contribution in [0, 0.1) is 23.2 Å². The van der Waals surface area contributed by atoms with Crippen molar-refractivity contribution < 1.29 is 14.4 Å². The summed E-state index contributed by atoms with van der Waals surface area (Å²) < 4.78 is 0. The van der Waals surface area contributed by atoms with Crippen LogP contribution in [0.25, 0.3) is 0 Å². The Morgan fingerprint density at radius 3 is 2.17 bits per heavy atom. The summed E-state index contributed by atoms with van der Waals surface area (Å²) in [6.45, 7) is 2.96. The molecule has 0 aromatic carbocycles. The molecule has 4 saturated carbocycles. The van der Waals surface area contributed by atoms with Gasteiger partial charge in [0.05, 0.1) is 0 Å². The van der Waals surface area contributed by atoms with Gasteiger partial charge in [0.25, 0.3) is 0 Å². The molecule has 3 amide bonds. The third-order valence-corrected chi connectivity index (χ3v) is 6.42. The highest BCUT2D eigenvalue weighted by Gasteiger charge is 2.53. The summed E-state index contributed by atoms with van der Waals surface area (Å²) in [6.07, 6.45) is 8.97. The third-order valence-electron chi connectivity index (χ3n) is 6.42. The second-order valence-electron chi connectivity index (χ2n) is 8.16. The van der Waals surface area contributed by atoms with Gasteiger partial charge in [-0.25, -0.2) is 0 Å². The molecule has 0 heterocycles. The molecule has 1 atom stereocenters. The quantitative estimate of drug-likeness (QED) is 0.368. The van der Waals surface area contributed by atoms with Crippen molar-refractivity contribution in [1.82, 2.24) is 16.0 Å². The lowest BCUT2D eigenvalue weighted by atomic mass is 9.48. The van der Waals surface area contributed by atoms with Crippen LogP contribution in [0.5, 0.6) is 0 Å². The average Bonchev–Trinajstić information content (AvgIpc) is 2.53. The van der Waals surface area contributed by atoms with Crippen LogP contribution in [-0.2, 0) is 14.4 Å². The van der Waals surface area contributed by atoms with E-state index in [1.165, 1.54) is 38.5 Å². The summed E-state index contributed by atoms with van der Waals surface area (Å²) in [5, 5.41) is 8.10. The van der Waals surface area contributed by atoms with Gasteiger partial charge in [0.1, 0.15) is 0 Å². The van der Waals surface area contributed by atoms with E-state index >= 15 is 0 Å². The maximum Gasteiger partial charge on any atom is 0.309 e. The van der Waals surface area contributed by atoms with E-state index < -0.39 is 11.8 Å². The number of carbonyl (C=O) groups is 3. The zero-order chi connectivity index (χ0) is 17.2. The maximum absolute atomic E-state index is 12.2. The van der Waals surface area contributed by atoms with Gasteiger partial charge in [0.15, 0.2) is 0 Å². The number of nitrogens with one attached hydrogen (secondary N) is 3. The van der Waals surface area contributed by atoms with E-state index in [1.807, 2.05) is 0 Å². The van der Waals surface area contributed by atoms with Gasteiger partial charge >= 0.3 is 11.8 Å². The van der Waals surface area contributed by atoms with E-state index in [9.17, 15) is 14.4 Å². The molecule has 4 fully saturated rings. The van der Waals surface area contributed by atoms with E-state index in [4.69, 9.17) is 0 Å². The normalized spacial score (nSPS) is 34.5. The predicted octanol–water partition coefficient (Wildman–Crippen LogP) is 0.960. The zero-order valence-electron chi connectivity index (χ0n) is 14.5. The van der Waals surface area contributed by atoms with E-state index in [2.05, 4.69) is 22.9 Å². The Labute approximate surface area is 143 Å². The lowest BCUT2D eigenvalue weighted by Gasteiger charge is -2.59. The Hall–Kier alpha value is -1.59. The Morgan fingerprint density at radius 2 is 1.62 bits per heavy atom. The molecule has 4 rings (SSSR count). The topological polar surface area (TPSA) is 87.3 Å². The highest BCUT2D eigenvalue weighted by Crippen LogP contribution is 2.61. The fourth-order valence-corrected chi connectivity index (χ4v) is 5.65. The molecule has 134 valence electrons. The van der Waals surface area contributed by atoms with Crippen LogP contribution in [0.3, 0.4) is 0 Å². The Morgan fingerprint density at radius 1 is 1.04 bits per heavy atom. The fraction of sp³-hybridized carbons (Fsp3) is 0.833. The fourth-order valence-electron chi connectivity index (χ4n) is 5.65. The van der Waals surface area contributed by atoms with Crippen molar-refractivity contribution in [3.05, 3.63) is 0 Å². The molecule has 0 aliphatic heterocycles. The molecule has 1 unspecified atom stereocenters. The highest BCUT2D eigenvalue weighted by atomic mass is 16.2. The van der Waals surface area contributed by atoms with Crippen molar-refractivity contribution in [2.24, 2.45) is 23.2 Å². The number of rotatable bonds is 7. The predicted molar refractivity (Wildman–Crippen MR) is 89.9 cm³/mol. The Balaban J connectivity index is 1.47. The van der Waals surface area contributed by atoms with Crippen LogP contribution in [0.15, 0.2) is 0 Å². The van der Waals surface area contributed by atoms with E-state index in [-0.39, 0.29) is 11.5 Å². The van der Waals surface area contributed by atoms with Gasteiger partial charge in [-0.1, -0.05) is 0 Å². The van der Waals surface area contributed by atoms with Crippen LogP contribution in [0.4, 0.5) is 0 Å². The van der Waals surface area contributed by atoms with Gasteiger partial charge < -0.3 is 16.0 Å². The molecule has 4 aliphatic rings. The van der Waals surface area contributed by atoms with Crippen molar-refractivity contribution in [1.29, 1.82) is 0 Å². The minimum absolute atomic E-state index is 0.0564. The second kappa shape index (κ2) is 7.11. The first-order valence-electron chi connectivity index (χ1n) is 9.28. The number of hydrogen-bond acceptors (Lipinski definition) is 3. The lowest BCUT2D eigenvalue weighted by Crippen LogP contribution is -2.57. The number of hydrogen-bond donors (Lipinski definition) is 3. The van der Waals surface area contributed by atoms with Gasteiger partial charge in [-0.05, 0) is 75.0 Å². The number of amides is 3. The van der Waals surface area contributed by atoms with E-state index in [1.54, 1.807) is 0 Å². The van der Waals surface area contributed by atoms with Gasteiger partial charge in [0, 0.05) is 19.1 Å². The molecular formula is C18H29N3O3. The molecule has 0 radical (unpaired) electrons.